The van der Waals surface area contributed by atoms with E-state index in [9.17, 15) is 0 Å². The Hall–Kier alpha value is -1.00. The van der Waals surface area contributed by atoms with Crippen LogP contribution in [0.1, 0.15) is 5.56 Å². The molecule has 0 saturated carbocycles. The first kappa shape index (κ1) is 9.55. The first-order valence-corrected chi connectivity index (χ1v) is 5.33. The quantitative estimate of drug-likeness (QED) is 0.584. The highest BCUT2D eigenvalue weighted by atomic mass is 32.2. The van der Waals surface area contributed by atoms with Gasteiger partial charge in [-0.2, -0.15) is 0 Å². The molecule has 0 aliphatic carbocycles. The van der Waals surface area contributed by atoms with Crippen molar-refractivity contribution < 1.29 is 4.74 Å². The van der Waals surface area contributed by atoms with E-state index in [2.05, 4.69) is 0 Å². The van der Waals surface area contributed by atoms with Crippen LogP contribution in [-0.2, 0) is 4.74 Å². The third kappa shape index (κ3) is 1.91. The van der Waals surface area contributed by atoms with Crippen LogP contribution in [-0.4, -0.2) is 24.3 Å². The van der Waals surface area contributed by atoms with Crippen LogP contribution in [0.4, 0.5) is 0 Å². The Morgan fingerprint density at radius 1 is 1.43 bits per heavy atom. The fourth-order valence-electron chi connectivity index (χ4n) is 1.25. The van der Waals surface area contributed by atoms with Gasteiger partial charge in [0.15, 0.2) is 0 Å². The summed E-state index contributed by atoms with van der Waals surface area (Å²) in [7, 11) is 0. The molecule has 0 spiro atoms. The number of amidine groups is 1. The molecule has 3 nitrogen and oxygen atoms in total. The van der Waals surface area contributed by atoms with Gasteiger partial charge in [-0.15, -0.1) is 11.8 Å². The Balaban J connectivity index is 2.17. The highest BCUT2D eigenvalue weighted by Gasteiger charge is 2.20. The molecule has 0 bridgehead atoms. The zero-order valence-electron chi connectivity index (χ0n) is 7.69. The largest absolute Gasteiger partial charge is 0.384 e. The molecule has 1 fully saturated rings. The van der Waals surface area contributed by atoms with Crippen LogP contribution in [0.5, 0.6) is 0 Å². The Morgan fingerprint density at radius 3 is 2.71 bits per heavy atom. The van der Waals surface area contributed by atoms with E-state index in [4.69, 9.17) is 15.9 Å². The normalized spacial score (nSPS) is 16.3. The highest BCUT2D eigenvalue weighted by Crippen LogP contribution is 2.30. The summed E-state index contributed by atoms with van der Waals surface area (Å²) >= 11 is 1.74. The SMILES string of the molecule is N=C(N)c1ccccc1SC1COC1. The zero-order valence-corrected chi connectivity index (χ0v) is 8.51. The van der Waals surface area contributed by atoms with Crippen molar-refractivity contribution in [1.29, 1.82) is 5.41 Å². The Labute approximate surface area is 87.1 Å². The van der Waals surface area contributed by atoms with Crippen LogP contribution in [0, 0.1) is 5.41 Å². The summed E-state index contributed by atoms with van der Waals surface area (Å²) in [6.45, 7) is 1.60. The van der Waals surface area contributed by atoms with Gasteiger partial charge in [-0.3, -0.25) is 5.41 Å². The summed E-state index contributed by atoms with van der Waals surface area (Å²) in [4.78, 5) is 1.08. The molecule has 1 saturated heterocycles. The summed E-state index contributed by atoms with van der Waals surface area (Å²) in [5.41, 5.74) is 6.31. The van der Waals surface area contributed by atoms with Crippen molar-refractivity contribution in [2.45, 2.75) is 10.1 Å². The van der Waals surface area contributed by atoms with E-state index in [0.29, 0.717) is 5.25 Å². The van der Waals surface area contributed by atoms with Crippen molar-refractivity contribution in [3.8, 4) is 0 Å². The molecule has 0 atom stereocenters. The van der Waals surface area contributed by atoms with Crippen molar-refractivity contribution in [3.05, 3.63) is 29.8 Å². The van der Waals surface area contributed by atoms with E-state index in [-0.39, 0.29) is 5.84 Å². The molecule has 74 valence electrons. The lowest BCUT2D eigenvalue weighted by molar-refractivity contribution is 0.0455. The van der Waals surface area contributed by atoms with Gasteiger partial charge in [0, 0.05) is 10.5 Å². The van der Waals surface area contributed by atoms with Gasteiger partial charge >= 0.3 is 0 Å². The monoisotopic (exact) mass is 208 g/mol. The third-order valence-corrected chi connectivity index (χ3v) is 3.29. The standard InChI is InChI=1S/C10H12N2OS/c11-10(12)8-3-1-2-4-9(8)14-7-5-13-6-7/h1-4,7H,5-6H2,(H3,11,12). The van der Waals surface area contributed by atoms with Crippen LogP contribution < -0.4 is 5.73 Å². The fourth-order valence-corrected chi connectivity index (χ4v) is 2.40. The maximum atomic E-state index is 7.43. The van der Waals surface area contributed by atoms with Crippen LogP contribution >= 0.6 is 11.8 Å². The molecule has 1 heterocycles. The number of benzene rings is 1. The number of nitrogens with one attached hydrogen (secondary N) is 1. The van der Waals surface area contributed by atoms with Gasteiger partial charge in [-0.1, -0.05) is 18.2 Å². The van der Waals surface area contributed by atoms with Crippen molar-refractivity contribution in [2.75, 3.05) is 13.2 Å². The summed E-state index contributed by atoms with van der Waals surface area (Å²) < 4.78 is 5.10. The molecule has 1 aliphatic rings. The summed E-state index contributed by atoms with van der Waals surface area (Å²) in [6.07, 6.45) is 0. The molecular weight excluding hydrogens is 196 g/mol. The van der Waals surface area contributed by atoms with Gasteiger partial charge in [0.2, 0.25) is 0 Å². The van der Waals surface area contributed by atoms with Gasteiger partial charge in [0.25, 0.3) is 0 Å². The Bertz CT molecular complexity index is 350. The highest BCUT2D eigenvalue weighted by molar-refractivity contribution is 8.00. The molecule has 2 rings (SSSR count). The van der Waals surface area contributed by atoms with Crippen LogP contribution in [0.15, 0.2) is 29.2 Å². The summed E-state index contributed by atoms with van der Waals surface area (Å²) in [5.74, 6) is 0.133. The third-order valence-electron chi connectivity index (χ3n) is 2.08. The molecule has 1 aromatic carbocycles. The van der Waals surface area contributed by atoms with Gasteiger partial charge in [0.1, 0.15) is 5.84 Å². The number of thioether (sulfide) groups is 1. The van der Waals surface area contributed by atoms with E-state index < -0.39 is 0 Å². The van der Waals surface area contributed by atoms with Gasteiger partial charge in [-0.25, -0.2) is 0 Å². The number of rotatable bonds is 3. The predicted molar refractivity (Wildman–Crippen MR) is 57.9 cm³/mol. The van der Waals surface area contributed by atoms with Crippen molar-refractivity contribution in [2.24, 2.45) is 5.73 Å². The number of nitrogen functional groups attached to an aromatic ring is 1. The Kier molecular flexibility index (Phi) is 2.74. The van der Waals surface area contributed by atoms with Crippen molar-refractivity contribution in [1.82, 2.24) is 0 Å². The van der Waals surface area contributed by atoms with Crippen LogP contribution in [0.2, 0.25) is 0 Å². The molecule has 0 aromatic heterocycles. The van der Waals surface area contributed by atoms with Gasteiger partial charge < -0.3 is 10.5 Å². The minimum Gasteiger partial charge on any atom is -0.384 e. The van der Waals surface area contributed by atoms with E-state index in [1.807, 2.05) is 24.3 Å². The molecule has 3 N–H and O–H groups in total. The van der Waals surface area contributed by atoms with Crippen LogP contribution in [0.25, 0.3) is 0 Å². The number of nitrogens with two attached hydrogens (primary N) is 1. The van der Waals surface area contributed by atoms with E-state index in [0.717, 1.165) is 23.7 Å². The average Bonchev–Trinajstić information content (AvgIpc) is 2.12. The molecule has 1 aliphatic heterocycles. The minimum absolute atomic E-state index is 0.133. The topological polar surface area (TPSA) is 59.1 Å². The van der Waals surface area contributed by atoms with Gasteiger partial charge in [0.05, 0.1) is 18.5 Å². The molecule has 14 heavy (non-hydrogen) atoms. The smallest absolute Gasteiger partial charge is 0.123 e. The second-order valence-electron chi connectivity index (χ2n) is 3.19. The van der Waals surface area contributed by atoms with Gasteiger partial charge in [-0.05, 0) is 6.07 Å². The lowest BCUT2D eigenvalue weighted by Crippen LogP contribution is -2.30. The molecule has 1 aromatic rings. The molecule has 0 unspecified atom stereocenters. The first-order chi connectivity index (χ1) is 6.77. The predicted octanol–water partition coefficient (Wildman–Crippen LogP) is 1.46. The van der Waals surface area contributed by atoms with E-state index >= 15 is 0 Å². The first-order valence-electron chi connectivity index (χ1n) is 4.45. The second-order valence-corrected chi connectivity index (χ2v) is 4.53. The van der Waals surface area contributed by atoms with Crippen molar-refractivity contribution in [3.63, 3.8) is 0 Å². The number of ether oxygens (including phenoxy) is 1. The maximum Gasteiger partial charge on any atom is 0.123 e. The lowest BCUT2D eigenvalue weighted by Gasteiger charge is -2.25. The summed E-state index contributed by atoms with van der Waals surface area (Å²) in [6, 6.07) is 7.75. The van der Waals surface area contributed by atoms with Crippen LogP contribution in [0.3, 0.4) is 0 Å². The lowest BCUT2D eigenvalue weighted by atomic mass is 10.2. The fraction of sp³-hybridized carbons (Fsp3) is 0.300. The number of hydrogen-bond acceptors (Lipinski definition) is 3. The zero-order chi connectivity index (χ0) is 9.97. The molecule has 0 radical (unpaired) electrons. The minimum atomic E-state index is 0.133. The van der Waals surface area contributed by atoms with E-state index in [1.54, 1.807) is 11.8 Å². The van der Waals surface area contributed by atoms with Crippen molar-refractivity contribution >= 4 is 17.6 Å². The maximum absolute atomic E-state index is 7.43. The van der Waals surface area contributed by atoms with E-state index in [1.165, 1.54) is 0 Å². The number of hydrogen-bond donors (Lipinski definition) is 2. The average molecular weight is 208 g/mol. The molecular formula is C10H12N2OS. The second kappa shape index (κ2) is 4.02. The molecule has 4 heteroatoms. The molecule has 0 amide bonds. The Morgan fingerprint density at radius 2 is 2.14 bits per heavy atom. The summed E-state index contributed by atoms with van der Waals surface area (Å²) in [5, 5.41) is 7.95.